The van der Waals surface area contributed by atoms with Gasteiger partial charge in [0.25, 0.3) is 0 Å². The maximum absolute atomic E-state index is 13.3. The van der Waals surface area contributed by atoms with Gasteiger partial charge in [-0.2, -0.15) is 0 Å². The number of hydrogen-bond acceptors (Lipinski definition) is 4. The van der Waals surface area contributed by atoms with Gasteiger partial charge >= 0.3 is 0 Å². The van der Waals surface area contributed by atoms with Gasteiger partial charge in [-0.15, -0.1) is 0 Å². The Kier molecular flexibility index (Phi) is 4.67. The zero-order valence-electron chi connectivity index (χ0n) is 9.28. The third kappa shape index (κ3) is 2.78. The molecule has 94 valence electrons. The molecule has 1 heterocycles. The molecule has 0 atom stereocenters. The number of carbonyl (C=O) groups is 1. The second-order valence-electron chi connectivity index (χ2n) is 3.12. The third-order valence-corrected chi connectivity index (χ3v) is 3.88. The van der Waals surface area contributed by atoms with Crippen molar-refractivity contribution in [2.24, 2.45) is 0 Å². The Morgan fingerprint density at radius 2 is 1.67 bits per heavy atom. The van der Waals surface area contributed by atoms with E-state index in [9.17, 15) is 12.8 Å². The molecule has 1 aromatic heterocycles. The fourth-order valence-electron chi connectivity index (χ4n) is 1.31. The van der Waals surface area contributed by atoms with Crippen LogP contribution >= 0.6 is 0 Å². The number of aromatic nitrogens is 1. The molecule has 0 unspecified atom stereocenters. The summed E-state index contributed by atoms with van der Waals surface area (Å²) in [7, 11) is -3.78. The molecule has 6 heteroatoms. The minimum Gasteiger partial charge on any atom is -0.307 e. The third-order valence-electron chi connectivity index (χ3n) is 2.08. The molecule has 2 aromatic rings. The highest BCUT2D eigenvalue weighted by Gasteiger charge is 2.20. The number of nitrogens with zero attached hydrogens (tertiary/aromatic N) is 1. The Morgan fingerprint density at radius 3 is 2.22 bits per heavy atom. The lowest BCUT2D eigenvalue weighted by atomic mass is 10.4. The summed E-state index contributed by atoms with van der Waals surface area (Å²) < 4.78 is 37.3. The van der Waals surface area contributed by atoms with E-state index in [1.165, 1.54) is 18.3 Å². The van der Waals surface area contributed by atoms with Gasteiger partial charge in [-0.05, 0) is 18.2 Å². The average molecular weight is 267 g/mol. The van der Waals surface area contributed by atoms with Crippen LogP contribution in [0.2, 0.25) is 0 Å². The normalized spacial score (nSPS) is 10.3. The zero-order chi connectivity index (χ0) is 13.6. The van der Waals surface area contributed by atoms with E-state index in [1.807, 2.05) is 6.79 Å². The Balaban J connectivity index is 0.000000771. The van der Waals surface area contributed by atoms with Crippen molar-refractivity contribution in [2.45, 2.75) is 9.79 Å². The summed E-state index contributed by atoms with van der Waals surface area (Å²) in [5, 5.41) is 0. The van der Waals surface area contributed by atoms with Crippen molar-refractivity contribution in [3.8, 4) is 0 Å². The zero-order valence-corrected chi connectivity index (χ0v) is 10.1. The molecule has 0 bridgehead atoms. The van der Waals surface area contributed by atoms with Gasteiger partial charge in [0.15, 0.2) is 5.82 Å². The van der Waals surface area contributed by atoms with Gasteiger partial charge in [0.2, 0.25) is 9.84 Å². The van der Waals surface area contributed by atoms with Crippen molar-refractivity contribution in [3.63, 3.8) is 0 Å². The van der Waals surface area contributed by atoms with Gasteiger partial charge in [0.05, 0.1) is 11.1 Å². The largest absolute Gasteiger partial charge is 0.307 e. The molecule has 0 aliphatic heterocycles. The smallest absolute Gasteiger partial charge is 0.209 e. The molecule has 2 rings (SSSR count). The Morgan fingerprint density at radius 1 is 1.06 bits per heavy atom. The Bertz CT molecular complexity index is 614. The Hall–Kier alpha value is -2.08. The van der Waals surface area contributed by atoms with E-state index in [-0.39, 0.29) is 9.79 Å². The molecule has 0 fully saturated rings. The van der Waals surface area contributed by atoms with Crippen molar-refractivity contribution in [1.29, 1.82) is 0 Å². The summed E-state index contributed by atoms with van der Waals surface area (Å²) in [6, 6.07) is 8.88. The van der Waals surface area contributed by atoms with Crippen molar-refractivity contribution in [2.75, 3.05) is 0 Å². The SMILES string of the molecule is C=O.O=S(=O)(c1ccccc1)c1ccncc1F. The first-order valence-electron chi connectivity index (χ1n) is 4.81. The standard InChI is InChI=1S/C11H8FNO2S.CH2O/c12-10-8-13-7-6-11(10)16(14,15)9-4-2-1-3-5-9;1-2/h1-8H;1H2. The second kappa shape index (κ2) is 6.02. The highest BCUT2D eigenvalue weighted by Crippen LogP contribution is 2.21. The van der Waals surface area contributed by atoms with Crippen LogP contribution in [0.5, 0.6) is 0 Å². The summed E-state index contributed by atoms with van der Waals surface area (Å²) in [6.07, 6.45) is 2.13. The maximum atomic E-state index is 13.3. The van der Waals surface area contributed by atoms with Crippen molar-refractivity contribution in [3.05, 3.63) is 54.6 Å². The fourth-order valence-corrected chi connectivity index (χ4v) is 2.63. The lowest BCUT2D eigenvalue weighted by molar-refractivity contribution is -0.0979. The van der Waals surface area contributed by atoms with E-state index in [0.29, 0.717) is 0 Å². The van der Waals surface area contributed by atoms with Gasteiger partial charge in [0, 0.05) is 6.20 Å². The van der Waals surface area contributed by atoms with Gasteiger partial charge in [-0.1, -0.05) is 18.2 Å². The number of carbonyl (C=O) groups excluding carboxylic acids is 1. The summed E-state index contributed by atoms with van der Waals surface area (Å²) in [5.74, 6) is -0.841. The van der Waals surface area contributed by atoms with Crippen LogP contribution in [0.25, 0.3) is 0 Å². The molecule has 0 aliphatic rings. The minimum atomic E-state index is -3.78. The van der Waals surface area contributed by atoms with E-state index in [1.54, 1.807) is 18.2 Å². The summed E-state index contributed by atoms with van der Waals surface area (Å²) >= 11 is 0. The van der Waals surface area contributed by atoms with Crippen molar-refractivity contribution >= 4 is 16.6 Å². The molecule has 18 heavy (non-hydrogen) atoms. The number of sulfone groups is 1. The highest BCUT2D eigenvalue weighted by molar-refractivity contribution is 7.91. The number of benzene rings is 1. The molecule has 0 radical (unpaired) electrons. The molecular formula is C12H10FNO3S. The van der Waals surface area contributed by atoms with Crippen LogP contribution in [-0.4, -0.2) is 20.2 Å². The molecule has 0 aliphatic carbocycles. The maximum Gasteiger partial charge on any atom is 0.209 e. The predicted octanol–water partition coefficient (Wildman–Crippen LogP) is 1.87. The first-order valence-corrected chi connectivity index (χ1v) is 6.29. The van der Waals surface area contributed by atoms with Crippen LogP contribution in [0.3, 0.4) is 0 Å². The number of hydrogen-bond donors (Lipinski definition) is 0. The monoisotopic (exact) mass is 267 g/mol. The minimum absolute atomic E-state index is 0.0695. The molecule has 0 saturated carbocycles. The molecule has 0 spiro atoms. The first-order chi connectivity index (χ1) is 8.62. The van der Waals surface area contributed by atoms with Crippen LogP contribution in [0.1, 0.15) is 0 Å². The molecule has 0 amide bonds. The quantitative estimate of drug-likeness (QED) is 0.833. The summed E-state index contributed by atoms with van der Waals surface area (Å²) in [5.41, 5.74) is 0. The molecule has 0 N–H and O–H groups in total. The van der Waals surface area contributed by atoms with Crippen LogP contribution in [0.4, 0.5) is 4.39 Å². The van der Waals surface area contributed by atoms with Crippen LogP contribution in [0.15, 0.2) is 58.6 Å². The van der Waals surface area contributed by atoms with Gasteiger partial charge < -0.3 is 4.79 Å². The van der Waals surface area contributed by atoms with Gasteiger partial charge in [0.1, 0.15) is 11.7 Å². The highest BCUT2D eigenvalue weighted by atomic mass is 32.2. The second-order valence-corrected chi connectivity index (χ2v) is 5.04. The molecule has 0 saturated heterocycles. The average Bonchev–Trinajstić information content (AvgIpc) is 2.42. The summed E-state index contributed by atoms with van der Waals surface area (Å²) in [4.78, 5) is 11.2. The lowest BCUT2D eigenvalue weighted by Gasteiger charge is -2.04. The number of rotatable bonds is 2. The van der Waals surface area contributed by atoms with Crippen LogP contribution < -0.4 is 0 Å². The van der Waals surface area contributed by atoms with Gasteiger partial charge in [-0.3, -0.25) is 4.98 Å². The van der Waals surface area contributed by atoms with E-state index in [4.69, 9.17) is 4.79 Å². The number of halogens is 1. The fraction of sp³-hybridized carbons (Fsp3) is 0. The molecular weight excluding hydrogens is 257 g/mol. The first kappa shape index (κ1) is 14.0. The Labute approximate surface area is 104 Å². The summed E-state index contributed by atoms with van der Waals surface area (Å²) in [6.45, 7) is 2.00. The molecule has 1 aromatic carbocycles. The van der Waals surface area contributed by atoms with Crippen molar-refractivity contribution < 1.29 is 17.6 Å². The van der Waals surface area contributed by atoms with Crippen LogP contribution in [-0.2, 0) is 14.6 Å². The van der Waals surface area contributed by atoms with Crippen LogP contribution in [0, 0.1) is 5.82 Å². The van der Waals surface area contributed by atoms with Gasteiger partial charge in [-0.25, -0.2) is 12.8 Å². The van der Waals surface area contributed by atoms with E-state index in [0.717, 1.165) is 12.3 Å². The predicted molar refractivity (Wildman–Crippen MR) is 63.2 cm³/mol. The van der Waals surface area contributed by atoms with E-state index < -0.39 is 15.7 Å². The lowest BCUT2D eigenvalue weighted by Crippen LogP contribution is -2.04. The van der Waals surface area contributed by atoms with E-state index >= 15 is 0 Å². The molecule has 4 nitrogen and oxygen atoms in total. The topological polar surface area (TPSA) is 64.1 Å². The number of pyridine rings is 1. The van der Waals surface area contributed by atoms with E-state index in [2.05, 4.69) is 4.98 Å². The van der Waals surface area contributed by atoms with Crippen molar-refractivity contribution in [1.82, 2.24) is 4.98 Å².